The van der Waals surface area contributed by atoms with E-state index in [0.717, 1.165) is 0 Å². The van der Waals surface area contributed by atoms with Gasteiger partial charge in [0.05, 0.1) is 0 Å². The van der Waals surface area contributed by atoms with Gasteiger partial charge in [0.2, 0.25) is 0 Å². The second kappa shape index (κ2) is 6.87. The fraction of sp³-hybridized carbons (Fsp3) is 0. The van der Waals surface area contributed by atoms with Crippen LogP contribution in [0.1, 0.15) is 0 Å². The number of aliphatic carboxylic acids is 2. The van der Waals surface area contributed by atoms with Crippen molar-refractivity contribution in [3.05, 3.63) is 0 Å². The Hall–Kier alpha value is -0.130. The molecule has 0 atom stereocenters. The van der Waals surface area contributed by atoms with Gasteiger partial charge in [-0.25, -0.2) is 9.59 Å². The van der Waals surface area contributed by atoms with Crippen LogP contribution in [0.4, 0.5) is 4.70 Å². The first kappa shape index (κ1) is 15.7. The molecule has 0 rings (SSSR count). The van der Waals surface area contributed by atoms with Gasteiger partial charge >= 0.3 is 41.5 Å². The van der Waals surface area contributed by atoms with Gasteiger partial charge in [-0.05, 0) is 0 Å². The number of carboxylic acid groups (broad SMARTS) is 2. The van der Waals surface area contributed by atoms with Gasteiger partial charge in [0.15, 0.2) is 0 Å². The molecule has 2 N–H and O–H groups in total. The van der Waals surface area contributed by atoms with E-state index in [-0.39, 0.29) is 34.3 Å². The van der Waals surface area contributed by atoms with Crippen LogP contribution in [0.25, 0.3) is 0 Å². The Labute approximate surface area is 66.2 Å². The predicted octanol–water partition coefficient (Wildman–Crippen LogP) is -1.34. The van der Waals surface area contributed by atoms with Crippen molar-refractivity contribution in [1.29, 1.82) is 0 Å². The molecule has 8 heavy (non-hydrogen) atoms. The third-order valence-electron chi connectivity index (χ3n) is 0.183. The Morgan fingerprint density at radius 2 is 1.12 bits per heavy atom. The zero-order valence-electron chi connectivity index (χ0n) is 3.12. The van der Waals surface area contributed by atoms with Crippen LogP contribution in [0.3, 0.4) is 0 Å². The van der Waals surface area contributed by atoms with Crippen molar-refractivity contribution < 1.29 is 24.5 Å². The molecule has 6 heteroatoms. The van der Waals surface area contributed by atoms with Crippen LogP contribution in [-0.2, 0) is 9.59 Å². The Bertz CT molecular complexity index is 80.0. The SMILES string of the molecule is F.O=C(O)C(=O)O.[NaH]. The first-order valence-corrected chi connectivity index (χ1v) is 1.11. The average Bonchev–Trinajstić information content (AvgIpc) is 1.36. The molecule has 0 aliphatic rings. The van der Waals surface area contributed by atoms with Crippen molar-refractivity contribution in [1.82, 2.24) is 0 Å². The molecule has 0 aromatic carbocycles. The van der Waals surface area contributed by atoms with Crippen LogP contribution in [0.5, 0.6) is 0 Å². The van der Waals surface area contributed by atoms with E-state index in [1.807, 2.05) is 0 Å². The summed E-state index contributed by atoms with van der Waals surface area (Å²) in [4.78, 5) is 18.2. The maximum absolute atomic E-state index is 9.10. The van der Waals surface area contributed by atoms with Gasteiger partial charge in [0, 0.05) is 0 Å². The van der Waals surface area contributed by atoms with Crippen LogP contribution in [0.2, 0.25) is 0 Å². The summed E-state index contributed by atoms with van der Waals surface area (Å²) in [5, 5.41) is 14.8. The van der Waals surface area contributed by atoms with Crippen molar-refractivity contribution in [3.8, 4) is 0 Å². The van der Waals surface area contributed by atoms with E-state index < -0.39 is 11.9 Å². The molecule has 0 saturated heterocycles. The summed E-state index contributed by atoms with van der Waals surface area (Å²) in [7, 11) is 0. The molecule has 4 nitrogen and oxygen atoms in total. The van der Waals surface area contributed by atoms with Crippen LogP contribution < -0.4 is 0 Å². The van der Waals surface area contributed by atoms with Gasteiger partial charge in [-0.1, -0.05) is 0 Å². The van der Waals surface area contributed by atoms with E-state index in [0.29, 0.717) is 0 Å². The van der Waals surface area contributed by atoms with Gasteiger partial charge in [-0.3, -0.25) is 4.70 Å². The number of hydrogen-bond acceptors (Lipinski definition) is 2. The first-order chi connectivity index (χ1) is 2.64. The van der Waals surface area contributed by atoms with E-state index in [1.165, 1.54) is 0 Å². The molecule has 0 aromatic heterocycles. The maximum atomic E-state index is 9.10. The first-order valence-electron chi connectivity index (χ1n) is 1.11. The minimum absolute atomic E-state index is 0. The summed E-state index contributed by atoms with van der Waals surface area (Å²) in [5.74, 6) is -3.65. The number of carboxylic acids is 2. The van der Waals surface area contributed by atoms with Crippen molar-refractivity contribution in [2.45, 2.75) is 0 Å². The van der Waals surface area contributed by atoms with Crippen LogP contribution in [-0.4, -0.2) is 51.7 Å². The molecule has 0 fully saturated rings. The fourth-order valence-corrected chi connectivity index (χ4v) is 0. The third-order valence-corrected chi connectivity index (χ3v) is 0.183. The molecule has 0 amide bonds. The molecule has 0 saturated carbocycles. The Balaban J connectivity index is -0.000000125. The van der Waals surface area contributed by atoms with E-state index in [1.54, 1.807) is 0 Å². The quantitative estimate of drug-likeness (QED) is 0.317. The summed E-state index contributed by atoms with van der Waals surface area (Å²) < 4.78 is 0. The molecule has 0 bridgehead atoms. The molecule has 44 valence electrons. The summed E-state index contributed by atoms with van der Waals surface area (Å²) in [6, 6.07) is 0. The van der Waals surface area contributed by atoms with Crippen LogP contribution in [0, 0.1) is 0 Å². The number of rotatable bonds is 0. The second-order valence-electron chi connectivity index (χ2n) is 0.610. The molecular weight excluding hydrogens is 130 g/mol. The molecule has 0 aliphatic heterocycles. The number of hydrogen-bond donors (Lipinski definition) is 2. The standard InChI is InChI=1S/C2H2O4.FH.Na.H/c3-1(4)2(5)6;;;/h(H,3,4)(H,5,6);1H;;. The molecular formula is C2H4FNaO4. The molecule has 0 aromatic rings. The monoisotopic (exact) mass is 134 g/mol. The Morgan fingerprint density at radius 3 is 1.12 bits per heavy atom. The average molecular weight is 134 g/mol. The van der Waals surface area contributed by atoms with E-state index in [2.05, 4.69) is 0 Å². The minimum atomic E-state index is -1.82. The topological polar surface area (TPSA) is 74.6 Å². The van der Waals surface area contributed by atoms with Crippen molar-refractivity contribution >= 4 is 41.5 Å². The van der Waals surface area contributed by atoms with Crippen molar-refractivity contribution in [2.24, 2.45) is 0 Å². The number of halogens is 1. The van der Waals surface area contributed by atoms with Crippen molar-refractivity contribution in [3.63, 3.8) is 0 Å². The predicted molar refractivity (Wildman–Crippen MR) is 24.9 cm³/mol. The third kappa shape index (κ3) is 9.30. The van der Waals surface area contributed by atoms with E-state index in [9.17, 15) is 0 Å². The zero-order valence-corrected chi connectivity index (χ0v) is 3.12. The van der Waals surface area contributed by atoms with E-state index >= 15 is 0 Å². The summed E-state index contributed by atoms with van der Waals surface area (Å²) in [5.41, 5.74) is 0. The summed E-state index contributed by atoms with van der Waals surface area (Å²) in [6.45, 7) is 0. The Kier molecular flexibility index (Phi) is 13.4. The summed E-state index contributed by atoms with van der Waals surface area (Å²) >= 11 is 0. The molecule has 0 spiro atoms. The Morgan fingerprint density at radius 1 is 1.00 bits per heavy atom. The molecule has 0 radical (unpaired) electrons. The molecule has 0 unspecified atom stereocenters. The van der Waals surface area contributed by atoms with Gasteiger partial charge in [0.1, 0.15) is 0 Å². The normalized spacial score (nSPS) is 5.50. The van der Waals surface area contributed by atoms with Gasteiger partial charge in [0.25, 0.3) is 0 Å². The van der Waals surface area contributed by atoms with Crippen LogP contribution in [0.15, 0.2) is 0 Å². The molecule has 0 aliphatic carbocycles. The van der Waals surface area contributed by atoms with Crippen LogP contribution >= 0.6 is 0 Å². The fourth-order valence-electron chi connectivity index (χ4n) is 0. The van der Waals surface area contributed by atoms with Gasteiger partial charge in [-0.2, -0.15) is 0 Å². The molecule has 0 heterocycles. The van der Waals surface area contributed by atoms with Crippen molar-refractivity contribution in [2.75, 3.05) is 0 Å². The number of carbonyl (C=O) groups is 2. The second-order valence-corrected chi connectivity index (χ2v) is 0.610. The summed E-state index contributed by atoms with van der Waals surface area (Å²) in [6.07, 6.45) is 0. The van der Waals surface area contributed by atoms with E-state index in [4.69, 9.17) is 19.8 Å². The van der Waals surface area contributed by atoms with Gasteiger partial charge in [-0.15, -0.1) is 0 Å². The van der Waals surface area contributed by atoms with Gasteiger partial charge < -0.3 is 10.2 Å². The zero-order chi connectivity index (χ0) is 5.15.